The second-order valence-corrected chi connectivity index (χ2v) is 6.94. The van der Waals surface area contributed by atoms with Crippen molar-refractivity contribution >= 4 is 48.9 Å². The Kier molecular flexibility index (Phi) is 4.62. The molecule has 0 amide bonds. The van der Waals surface area contributed by atoms with Crippen molar-refractivity contribution in [2.75, 3.05) is 11.9 Å². The Morgan fingerprint density at radius 3 is 2.65 bits per heavy atom. The second kappa shape index (κ2) is 6.00. The minimum atomic E-state index is -0.0689. The highest BCUT2D eigenvalue weighted by Crippen LogP contribution is 2.29. The molecule has 2 rings (SSSR count). The zero-order chi connectivity index (χ0) is 12.3. The van der Waals surface area contributed by atoms with Crippen molar-refractivity contribution < 1.29 is 5.11 Å². The molecule has 2 nitrogen and oxygen atoms in total. The fraction of sp³-hybridized carbons (Fsp3) is 0.167. The Labute approximate surface area is 121 Å². The Morgan fingerprint density at radius 1 is 1.24 bits per heavy atom. The van der Waals surface area contributed by atoms with Crippen LogP contribution in [0.3, 0.4) is 0 Å². The average Bonchev–Trinajstić information content (AvgIpc) is 2.73. The SMILES string of the molecule is OCC(Nc1cccc(Br)c1)c1ccc(Br)s1. The lowest BCUT2D eigenvalue weighted by atomic mass is 10.2. The van der Waals surface area contributed by atoms with Crippen LogP contribution in [0.4, 0.5) is 5.69 Å². The molecule has 90 valence electrons. The number of hydrogen-bond acceptors (Lipinski definition) is 3. The van der Waals surface area contributed by atoms with E-state index in [1.165, 1.54) is 0 Å². The molecule has 1 atom stereocenters. The maximum Gasteiger partial charge on any atom is 0.0838 e. The van der Waals surface area contributed by atoms with Crippen LogP contribution in [0.25, 0.3) is 0 Å². The van der Waals surface area contributed by atoms with Gasteiger partial charge in [-0.25, -0.2) is 0 Å². The highest BCUT2D eigenvalue weighted by atomic mass is 79.9. The van der Waals surface area contributed by atoms with Gasteiger partial charge in [0.1, 0.15) is 0 Å². The van der Waals surface area contributed by atoms with Crippen molar-refractivity contribution in [1.29, 1.82) is 0 Å². The third-order valence-electron chi connectivity index (χ3n) is 2.29. The van der Waals surface area contributed by atoms with Crippen LogP contribution >= 0.6 is 43.2 Å². The highest BCUT2D eigenvalue weighted by Gasteiger charge is 2.12. The number of aliphatic hydroxyl groups is 1. The fourth-order valence-corrected chi connectivity index (χ4v) is 3.37. The van der Waals surface area contributed by atoms with Crippen molar-refractivity contribution in [2.24, 2.45) is 0 Å². The summed E-state index contributed by atoms with van der Waals surface area (Å²) in [5, 5.41) is 12.7. The van der Waals surface area contributed by atoms with Gasteiger partial charge in [-0.05, 0) is 46.3 Å². The van der Waals surface area contributed by atoms with E-state index < -0.39 is 0 Å². The summed E-state index contributed by atoms with van der Waals surface area (Å²) in [7, 11) is 0. The van der Waals surface area contributed by atoms with Gasteiger partial charge >= 0.3 is 0 Å². The van der Waals surface area contributed by atoms with E-state index in [9.17, 15) is 5.11 Å². The summed E-state index contributed by atoms with van der Waals surface area (Å²) < 4.78 is 2.09. The molecule has 0 saturated carbocycles. The number of rotatable bonds is 4. The first-order valence-electron chi connectivity index (χ1n) is 5.07. The standard InChI is InChI=1S/C12H11Br2NOS/c13-8-2-1-3-9(6-8)15-10(7-16)11-4-5-12(14)17-11/h1-6,10,15-16H,7H2. The van der Waals surface area contributed by atoms with Crippen molar-refractivity contribution in [3.05, 3.63) is 49.5 Å². The summed E-state index contributed by atoms with van der Waals surface area (Å²) >= 11 is 8.48. The summed E-state index contributed by atoms with van der Waals surface area (Å²) in [6, 6.07) is 11.8. The smallest absolute Gasteiger partial charge is 0.0838 e. The van der Waals surface area contributed by atoms with E-state index in [-0.39, 0.29) is 12.6 Å². The number of anilines is 1. The molecular weight excluding hydrogens is 366 g/mol. The van der Waals surface area contributed by atoms with Crippen LogP contribution in [0.15, 0.2) is 44.7 Å². The van der Waals surface area contributed by atoms with Gasteiger partial charge in [0.15, 0.2) is 0 Å². The quantitative estimate of drug-likeness (QED) is 0.827. The van der Waals surface area contributed by atoms with E-state index >= 15 is 0 Å². The maximum atomic E-state index is 9.44. The third-order valence-corrected chi connectivity index (χ3v) is 4.52. The van der Waals surface area contributed by atoms with E-state index in [2.05, 4.69) is 37.2 Å². The fourth-order valence-electron chi connectivity index (χ4n) is 1.50. The van der Waals surface area contributed by atoms with Crippen LogP contribution in [-0.4, -0.2) is 11.7 Å². The lowest BCUT2D eigenvalue weighted by Crippen LogP contribution is -2.13. The molecule has 0 fully saturated rings. The van der Waals surface area contributed by atoms with Crippen molar-refractivity contribution in [3.63, 3.8) is 0 Å². The molecule has 17 heavy (non-hydrogen) atoms. The molecule has 1 unspecified atom stereocenters. The summed E-state index contributed by atoms with van der Waals surface area (Å²) in [5.74, 6) is 0. The molecule has 2 aromatic rings. The van der Waals surface area contributed by atoms with Crippen molar-refractivity contribution in [1.82, 2.24) is 0 Å². The third kappa shape index (κ3) is 3.55. The molecule has 1 aromatic heterocycles. The molecule has 0 radical (unpaired) electrons. The number of hydrogen-bond donors (Lipinski definition) is 2. The van der Waals surface area contributed by atoms with Crippen LogP contribution < -0.4 is 5.32 Å². The highest BCUT2D eigenvalue weighted by molar-refractivity contribution is 9.11. The van der Waals surface area contributed by atoms with Gasteiger partial charge in [0.2, 0.25) is 0 Å². The molecular formula is C12H11Br2NOS. The monoisotopic (exact) mass is 375 g/mol. The second-order valence-electron chi connectivity index (χ2n) is 3.53. The first-order chi connectivity index (χ1) is 8.19. The Balaban J connectivity index is 2.15. The molecule has 0 aliphatic carbocycles. The summed E-state index contributed by atoms with van der Waals surface area (Å²) in [6.07, 6.45) is 0. The zero-order valence-corrected chi connectivity index (χ0v) is 12.8. The maximum absolute atomic E-state index is 9.44. The van der Waals surface area contributed by atoms with E-state index in [0.717, 1.165) is 18.8 Å². The van der Waals surface area contributed by atoms with E-state index in [0.29, 0.717) is 0 Å². The molecule has 0 aliphatic rings. The molecule has 0 spiro atoms. The predicted molar refractivity (Wildman–Crippen MR) is 79.6 cm³/mol. The lowest BCUT2D eigenvalue weighted by Gasteiger charge is -2.16. The van der Waals surface area contributed by atoms with Crippen molar-refractivity contribution in [2.45, 2.75) is 6.04 Å². The number of nitrogens with one attached hydrogen (secondary N) is 1. The summed E-state index contributed by atoms with van der Waals surface area (Å²) in [5.41, 5.74) is 0.989. The molecule has 5 heteroatoms. The van der Waals surface area contributed by atoms with Gasteiger partial charge in [-0.2, -0.15) is 0 Å². The Hall–Kier alpha value is -0.360. The summed E-state index contributed by atoms with van der Waals surface area (Å²) in [6.45, 7) is 0.0689. The Morgan fingerprint density at radius 2 is 2.06 bits per heavy atom. The molecule has 0 aliphatic heterocycles. The molecule has 0 bridgehead atoms. The van der Waals surface area contributed by atoms with Gasteiger partial charge in [0, 0.05) is 15.0 Å². The molecule has 1 aromatic carbocycles. The number of thiophene rings is 1. The number of aliphatic hydroxyl groups excluding tert-OH is 1. The number of halogens is 2. The largest absolute Gasteiger partial charge is 0.394 e. The van der Waals surface area contributed by atoms with Gasteiger partial charge in [-0.3, -0.25) is 0 Å². The Bertz CT molecular complexity index is 501. The van der Waals surface area contributed by atoms with Crippen LogP contribution in [0.2, 0.25) is 0 Å². The first kappa shape index (κ1) is 13.1. The predicted octanol–water partition coefficient (Wildman–Crippen LogP) is 4.42. The van der Waals surface area contributed by atoms with Gasteiger partial charge in [-0.1, -0.05) is 22.0 Å². The first-order valence-corrected chi connectivity index (χ1v) is 7.47. The molecule has 2 N–H and O–H groups in total. The zero-order valence-electron chi connectivity index (χ0n) is 8.86. The van der Waals surface area contributed by atoms with E-state index in [1.54, 1.807) is 11.3 Å². The lowest BCUT2D eigenvalue weighted by molar-refractivity contribution is 0.278. The molecule has 1 heterocycles. The van der Waals surface area contributed by atoms with Crippen LogP contribution in [-0.2, 0) is 0 Å². The average molecular weight is 377 g/mol. The minimum Gasteiger partial charge on any atom is -0.394 e. The van der Waals surface area contributed by atoms with Gasteiger partial charge in [0.25, 0.3) is 0 Å². The van der Waals surface area contributed by atoms with Gasteiger partial charge in [-0.15, -0.1) is 11.3 Å². The topological polar surface area (TPSA) is 32.3 Å². The van der Waals surface area contributed by atoms with Crippen LogP contribution in [0, 0.1) is 0 Å². The number of benzene rings is 1. The van der Waals surface area contributed by atoms with Gasteiger partial charge < -0.3 is 10.4 Å². The van der Waals surface area contributed by atoms with Crippen LogP contribution in [0.5, 0.6) is 0 Å². The van der Waals surface area contributed by atoms with E-state index in [1.807, 2.05) is 36.4 Å². The molecule has 0 saturated heterocycles. The van der Waals surface area contributed by atoms with Gasteiger partial charge in [0.05, 0.1) is 16.4 Å². The van der Waals surface area contributed by atoms with Crippen molar-refractivity contribution in [3.8, 4) is 0 Å². The normalized spacial score (nSPS) is 12.4. The van der Waals surface area contributed by atoms with Crippen LogP contribution in [0.1, 0.15) is 10.9 Å². The summed E-state index contributed by atoms with van der Waals surface area (Å²) in [4.78, 5) is 1.11. The minimum absolute atomic E-state index is 0.0689. The van der Waals surface area contributed by atoms with E-state index in [4.69, 9.17) is 0 Å².